The first kappa shape index (κ1) is 10.4. The largest absolute Gasteiger partial charge is 0.459 e. The molecule has 0 aromatic carbocycles. The summed E-state index contributed by atoms with van der Waals surface area (Å²) in [4.78, 5) is 0. The van der Waals surface area contributed by atoms with Crippen LogP contribution in [0.1, 0.15) is 52.4 Å². The summed E-state index contributed by atoms with van der Waals surface area (Å²) >= 11 is 0. The fraction of sp³-hybridized carbons (Fsp3) is 0.818. The first-order valence-corrected chi connectivity index (χ1v) is 5.32. The maximum Gasteiger partial charge on any atom is 0.240 e. The number of hydrogen-bond donors (Lipinski definition) is 0. The van der Waals surface area contributed by atoms with Gasteiger partial charge in [-0.05, 0) is 13.3 Å². The van der Waals surface area contributed by atoms with Crippen molar-refractivity contribution in [1.29, 1.82) is 0 Å². The molecule has 1 aliphatic heterocycles. The van der Waals surface area contributed by atoms with Crippen molar-refractivity contribution in [1.82, 2.24) is 0 Å². The van der Waals surface area contributed by atoms with Gasteiger partial charge in [0.2, 0.25) is 6.29 Å². The van der Waals surface area contributed by atoms with E-state index in [0.717, 1.165) is 12.2 Å². The molecule has 1 rings (SSSR count). The Morgan fingerprint density at radius 3 is 2.62 bits per heavy atom. The summed E-state index contributed by atoms with van der Waals surface area (Å²) in [6, 6.07) is 0. The predicted octanol–water partition coefficient (Wildman–Crippen LogP) is 3.58. The van der Waals surface area contributed by atoms with Crippen LogP contribution < -0.4 is 0 Å². The Balaban J connectivity index is 1.90. The zero-order valence-corrected chi connectivity index (χ0v) is 8.71. The Kier molecular flexibility index (Phi) is 4.73. The smallest absolute Gasteiger partial charge is 0.240 e. The van der Waals surface area contributed by atoms with E-state index in [2.05, 4.69) is 6.92 Å². The first-order chi connectivity index (χ1) is 6.33. The molecule has 0 saturated carbocycles. The molecule has 0 spiro atoms. The standard InChI is InChI=1S/C11H20O2/c1-3-4-5-6-7-8-11-12-9-10(2)13-11/h9,11H,3-8H2,1-2H3. The van der Waals surface area contributed by atoms with Crippen LogP contribution in [0, 0.1) is 0 Å². The zero-order valence-electron chi connectivity index (χ0n) is 8.71. The molecule has 0 fully saturated rings. The van der Waals surface area contributed by atoms with E-state index in [-0.39, 0.29) is 6.29 Å². The minimum Gasteiger partial charge on any atom is -0.459 e. The van der Waals surface area contributed by atoms with Gasteiger partial charge in [0.1, 0.15) is 12.0 Å². The fourth-order valence-electron chi connectivity index (χ4n) is 1.48. The second-order valence-corrected chi connectivity index (χ2v) is 3.61. The van der Waals surface area contributed by atoms with Gasteiger partial charge in [0.25, 0.3) is 0 Å². The van der Waals surface area contributed by atoms with Crippen LogP contribution in [-0.2, 0) is 9.47 Å². The molecular formula is C11H20O2. The van der Waals surface area contributed by atoms with Crippen LogP contribution in [0.15, 0.2) is 12.0 Å². The fourth-order valence-corrected chi connectivity index (χ4v) is 1.48. The molecule has 0 aliphatic carbocycles. The average Bonchev–Trinajstić information content (AvgIpc) is 2.51. The highest BCUT2D eigenvalue weighted by molar-refractivity contribution is 4.86. The monoisotopic (exact) mass is 184 g/mol. The summed E-state index contributed by atoms with van der Waals surface area (Å²) in [7, 11) is 0. The Bertz CT molecular complexity index is 163. The first-order valence-electron chi connectivity index (χ1n) is 5.32. The second-order valence-electron chi connectivity index (χ2n) is 3.61. The Hall–Kier alpha value is -0.660. The van der Waals surface area contributed by atoms with Crippen LogP contribution in [-0.4, -0.2) is 6.29 Å². The van der Waals surface area contributed by atoms with Crippen LogP contribution in [0.4, 0.5) is 0 Å². The van der Waals surface area contributed by atoms with Gasteiger partial charge in [0.15, 0.2) is 0 Å². The average molecular weight is 184 g/mol. The highest BCUT2D eigenvalue weighted by Crippen LogP contribution is 2.18. The maximum atomic E-state index is 5.41. The molecule has 0 aromatic heterocycles. The van der Waals surface area contributed by atoms with E-state index in [9.17, 15) is 0 Å². The number of allylic oxidation sites excluding steroid dienone is 1. The van der Waals surface area contributed by atoms with E-state index < -0.39 is 0 Å². The molecule has 76 valence electrons. The van der Waals surface area contributed by atoms with E-state index in [1.807, 2.05) is 6.92 Å². The highest BCUT2D eigenvalue weighted by Gasteiger charge is 2.15. The molecule has 1 heterocycles. The molecule has 0 amide bonds. The van der Waals surface area contributed by atoms with Gasteiger partial charge in [-0.1, -0.05) is 32.6 Å². The van der Waals surface area contributed by atoms with E-state index in [1.165, 1.54) is 32.1 Å². The molecule has 0 saturated heterocycles. The normalized spacial score (nSPS) is 20.8. The van der Waals surface area contributed by atoms with E-state index in [0.29, 0.717) is 0 Å². The molecule has 0 aromatic rings. The van der Waals surface area contributed by atoms with Crippen molar-refractivity contribution < 1.29 is 9.47 Å². The number of hydrogen-bond acceptors (Lipinski definition) is 2. The molecule has 2 nitrogen and oxygen atoms in total. The lowest BCUT2D eigenvalue weighted by Gasteiger charge is -2.10. The molecule has 1 unspecified atom stereocenters. The van der Waals surface area contributed by atoms with Gasteiger partial charge < -0.3 is 9.47 Å². The number of rotatable bonds is 6. The highest BCUT2D eigenvalue weighted by atomic mass is 16.7. The quantitative estimate of drug-likeness (QED) is 0.587. The summed E-state index contributed by atoms with van der Waals surface area (Å²) in [5.74, 6) is 0.901. The lowest BCUT2D eigenvalue weighted by Crippen LogP contribution is -2.07. The number of ether oxygens (including phenoxy) is 2. The summed E-state index contributed by atoms with van der Waals surface area (Å²) < 4.78 is 10.7. The van der Waals surface area contributed by atoms with Gasteiger partial charge in [-0.15, -0.1) is 0 Å². The van der Waals surface area contributed by atoms with E-state index in [1.54, 1.807) is 6.26 Å². The minimum atomic E-state index is 0.00151. The van der Waals surface area contributed by atoms with Crippen molar-refractivity contribution in [2.24, 2.45) is 0 Å². The lowest BCUT2D eigenvalue weighted by molar-refractivity contribution is -0.0375. The minimum absolute atomic E-state index is 0.00151. The molecular weight excluding hydrogens is 164 g/mol. The third-order valence-electron chi connectivity index (χ3n) is 2.25. The molecule has 0 radical (unpaired) electrons. The molecule has 0 N–H and O–H groups in total. The molecule has 2 heteroatoms. The van der Waals surface area contributed by atoms with Gasteiger partial charge in [0.05, 0.1) is 0 Å². The van der Waals surface area contributed by atoms with E-state index >= 15 is 0 Å². The third-order valence-corrected chi connectivity index (χ3v) is 2.25. The number of unbranched alkanes of at least 4 members (excludes halogenated alkanes) is 4. The lowest BCUT2D eigenvalue weighted by atomic mass is 10.1. The summed E-state index contributed by atoms with van der Waals surface area (Å²) in [6.07, 6.45) is 9.24. The summed E-state index contributed by atoms with van der Waals surface area (Å²) in [5.41, 5.74) is 0. The van der Waals surface area contributed by atoms with Crippen molar-refractivity contribution in [2.45, 2.75) is 58.7 Å². The van der Waals surface area contributed by atoms with Crippen molar-refractivity contribution in [3.63, 3.8) is 0 Å². The van der Waals surface area contributed by atoms with Gasteiger partial charge in [-0.3, -0.25) is 0 Å². The molecule has 1 atom stereocenters. The summed E-state index contributed by atoms with van der Waals surface area (Å²) in [6.45, 7) is 4.16. The Morgan fingerprint density at radius 2 is 2.00 bits per heavy atom. The molecule has 13 heavy (non-hydrogen) atoms. The Morgan fingerprint density at radius 1 is 1.23 bits per heavy atom. The summed E-state index contributed by atoms with van der Waals surface area (Å²) in [5, 5.41) is 0. The van der Waals surface area contributed by atoms with Crippen molar-refractivity contribution in [2.75, 3.05) is 0 Å². The SMILES string of the molecule is CCCCCCCC1OC=C(C)O1. The molecule has 1 aliphatic rings. The predicted molar refractivity (Wildman–Crippen MR) is 53.1 cm³/mol. The van der Waals surface area contributed by atoms with Crippen LogP contribution in [0.2, 0.25) is 0 Å². The Labute approximate surface area is 80.9 Å². The van der Waals surface area contributed by atoms with Crippen LogP contribution in [0.25, 0.3) is 0 Å². The van der Waals surface area contributed by atoms with Gasteiger partial charge >= 0.3 is 0 Å². The second kappa shape index (κ2) is 5.90. The maximum absolute atomic E-state index is 5.41. The van der Waals surface area contributed by atoms with Gasteiger partial charge in [0, 0.05) is 6.42 Å². The topological polar surface area (TPSA) is 18.5 Å². The van der Waals surface area contributed by atoms with Crippen molar-refractivity contribution in [3.05, 3.63) is 12.0 Å². The van der Waals surface area contributed by atoms with Crippen LogP contribution >= 0.6 is 0 Å². The van der Waals surface area contributed by atoms with Crippen molar-refractivity contribution in [3.8, 4) is 0 Å². The van der Waals surface area contributed by atoms with Crippen molar-refractivity contribution >= 4 is 0 Å². The van der Waals surface area contributed by atoms with E-state index in [4.69, 9.17) is 9.47 Å². The molecule has 0 bridgehead atoms. The van der Waals surface area contributed by atoms with Crippen LogP contribution in [0.5, 0.6) is 0 Å². The van der Waals surface area contributed by atoms with Gasteiger partial charge in [-0.25, -0.2) is 0 Å². The third kappa shape index (κ3) is 4.20. The van der Waals surface area contributed by atoms with Gasteiger partial charge in [-0.2, -0.15) is 0 Å². The van der Waals surface area contributed by atoms with Crippen LogP contribution in [0.3, 0.4) is 0 Å². The zero-order chi connectivity index (χ0) is 9.52.